The number of carbonyl (C=O) groups excluding carboxylic acids is 1. The van der Waals surface area contributed by atoms with Gasteiger partial charge in [0.05, 0.1) is 4.91 Å². The van der Waals surface area contributed by atoms with Crippen molar-refractivity contribution >= 4 is 46.1 Å². The number of nitriles is 1. The summed E-state index contributed by atoms with van der Waals surface area (Å²) < 4.78 is 2.17. The van der Waals surface area contributed by atoms with Gasteiger partial charge in [-0.25, -0.2) is 0 Å². The molecule has 6 nitrogen and oxygen atoms in total. The number of anilines is 1. The Labute approximate surface area is 248 Å². The predicted octanol–water partition coefficient (Wildman–Crippen LogP) is 6.59. The van der Waals surface area contributed by atoms with E-state index in [2.05, 4.69) is 42.2 Å². The Hall–Kier alpha value is -2.89. The lowest BCUT2D eigenvalue weighted by molar-refractivity contribution is -0.122. The summed E-state index contributed by atoms with van der Waals surface area (Å²) in [6, 6.07) is 12.7. The van der Waals surface area contributed by atoms with E-state index in [0.717, 1.165) is 56.6 Å². The molecule has 2 aliphatic rings. The molecule has 40 heavy (non-hydrogen) atoms. The first-order valence-corrected chi connectivity index (χ1v) is 15.8. The second-order valence-corrected chi connectivity index (χ2v) is 12.6. The first-order chi connectivity index (χ1) is 19.3. The molecule has 3 heterocycles. The number of amides is 1. The third-order valence-electron chi connectivity index (χ3n) is 8.13. The van der Waals surface area contributed by atoms with Crippen LogP contribution in [-0.2, 0) is 18.3 Å². The van der Waals surface area contributed by atoms with Crippen molar-refractivity contribution in [3.05, 3.63) is 67.8 Å². The highest BCUT2D eigenvalue weighted by atomic mass is 32.2. The zero-order valence-electron chi connectivity index (χ0n) is 23.9. The van der Waals surface area contributed by atoms with E-state index in [1.807, 2.05) is 19.1 Å². The summed E-state index contributed by atoms with van der Waals surface area (Å²) in [5.74, 6) is 1.28. The molecule has 8 heteroatoms. The van der Waals surface area contributed by atoms with Gasteiger partial charge in [0.15, 0.2) is 0 Å². The molecule has 0 spiro atoms. The van der Waals surface area contributed by atoms with Crippen LogP contribution in [0.4, 0.5) is 5.82 Å². The number of benzene rings is 1. The fraction of sp³-hybridized carbons (Fsp3) is 0.500. The van der Waals surface area contributed by atoms with E-state index >= 15 is 0 Å². The van der Waals surface area contributed by atoms with Gasteiger partial charge in [0.2, 0.25) is 0 Å². The predicted molar refractivity (Wildman–Crippen MR) is 169 cm³/mol. The Bertz CT molecular complexity index is 1350. The van der Waals surface area contributed by atoms with Gasteiger partial charge in [-0.3, -0.25) is 19.1 Å². The number of carbonyl (C=O) groups is 1. The maximum absolute atomic E-state index is 13.4. The molecule has 0 radical (unpaired) electrons. The molecular formula is C32H40N4O2S2. The number of unbranched alkanes of at least 4 members (excludes halogenated alkanes) is 5. The molecule has 0 atom stereocenters. The molecule has 4 rings (SSSR count). The van der Waals surface area contributed by atoms with E-state index in [-0.39, 0.29) is 17.0 Å². The van der Waals surface area contributed by atoms with E-state index in [9.17, 15) is 14.9 Å². The minimum atomic E-state index is -0.297. The van der Waals surface area contributed by atoms with Crippen molar-refractivity contribution in [2.75, 3.05) is 24.5 Å². The van der Waals surface area contributed by atoms with Crippen LogP contribution < -0.4 is 10.5 Å². The average Bonchev–Trinajstić information content (AvgIpc) is 3.22. The second kappa shape index (κ2) is 14.1. The maximum atomic E-state index is 13.4. The molecule has 2 aromatic rings. The summed E-state index contributed by atoms with van der Waals surface area (Å²) in [6.07, 6.45) is 11.8. The quantitative estimate of drug-likeness (QED) is 0.171. The summed E-state index contributed by atoms with van der Waals surface area (Å²) in [4.78, 5) is 31.1. The van der Waals surface area contributed by atoms with Crippen LogP contribution in [0.3, 0.4) is 0 Å². The SMILES string of the molecule is CCCCCCCCN1C(=O)/C(=C/c2c(C)c(C#N)c(=O)n(C)c2N2CCC(Cc3ccccc3)CC2)SC1=S. The van der Waals surface area contributed by atoms with Crippen LogP contribution in [0.25, 0.3) is 6.08 Å². The van der Waals surface area contributed by atoms with Crippen molar-refractivity contribution in [3.63, 3.8) is 0 Å². The van der Waals surface area contributed by atoms with Crippen LogP contribution >= 0.6 is 24.0 Å². The van der Waals surface area contributed by atoms with Crippen molar-refractivity contribution in [1.82, 2.24) is 9.47 Å². The highest BCUT2D eigenvalue weighted by Gasteiger charge is 2.33. The van der Waals surface area contributed by atoms with Gasteiger partial charge in [-0.15, -0.1) is 0 Å². The van der Waals surface area contributed by atoms with E-state index in [1.165, 1.54) is 43.0 Å². The average molecular weight is 577 g/mol. The number of thioether (sulfide) groups is 1. The van der Waals surface area contributed by atoms with Crippen LogP contribution in [0.1, 0.15) is 80.5 Å². The van der Waals surface area contributed by atoms with Gasteiger partial charge >= 0.3 is 0 Å². The molecule has 0 bridgehead atoms. The Morgan fingerprint density at radius 1 is 1.07 bits per heavy atom. The van der Waals surface area contributed by atoms with Gasteiger partial charge in [0.1, 0.15) is 21.8 Å². The van der Waals surface area contributed by atoms with Gasteiger partial charge in [-0.05, 0) is 55.7 Å². The van der Waals surface area contributed by atoms with Crippen molar-refractivity contribution in [1.29, 1.82) is 5.26 Å². The maximum Gasteiger partial charge on any atom is 0.270 e. The van der Waals surface area contributed by atoms with E-state index in [4.69, 9.17) is 12.2 Å². The Morgan fingerprint density at radius 2 is 1.75 bits per heavy atom. The molecule has 0 saturated carbocycles. The lowest BCUT2D eigenvalue weighted by atomic mass is 9.90. The third kappa shape index (κ3) is 6.87. The number of aromatic nitrogens is 1. The van der Waals surface area contributed by atoms with Crippen LogP contribution in [-0.4, -0.2) is 39.3 Å². The zero-order valence-corrected chi connectivity index (χ0v) is 25.6. The molecule has 0 unspecified atom stereocenters. The lowest BCUT2D eigenvalue weighted by Crippen LogP contribution is -2.39. The van der Waals surface area contributed by atoms with Crippen molar-refractivity contribution in [2.45, 2.75) is 71.6 Å². The Kier molecular flexibility index (Phi) is 10.6. The van der Waals surface area contributed by atoms with Crippen LogP contribution in [0.5, 0.6) is 0 Å². The summed E-state index contributed by atoms with van der Waals surface area (Å²) in [6.45, 7) is 6.28. The molecule has 2 aliphatic heterocycles. The summed E-state index contributed by atoms with van der Waals surface area (Å²) in [7, 11) is 1.73. The van der Waals surface area contributed by atoms with Crippen molar-refractivity contribution < 1.29 is 4.79 Å². The van der Waals surface area contributed by atoms with Crippen LogP contribution in [0.2, 0.25) is 0 Å². The molecule has 0 aliphatic carbocycles. The molecular weight excluding hydrogens is 537 g/mol. The molecule has 212 valence electrons. The smallest absolute Gasteiger partial charge is 0.270 e. The van der Waals surface area contributed by atoms with Gasteiger partial charge in [-0.2, -0.15) is 5.26 Å². The summed E-state index contributed by atoms with van der Waals surface area (Å²) in [5.41, 5.74) is 2.56. The van der Waals surface area contributed by atoms with Gasteiger partial charge in [0, 0.05) is 32.2 Å². The summed E-state index contributed by atoms with van der Waals surface area (Å²) >= 11 is 6.91. The fourth-order valence-electron chi connectivity index (χ4n) is 5.76. The molecule has 2 fully saturated rings. The number of rotatable bonds is 11. The van der Waals surface area contributed by atoms with Gasteiger partial charge < -0.3 is 4.90 Å². The zero-order chi connectivity index (χ0) is 28.6. The van der Waals surface area contributed by atoms with Crippen molar-refractivity contribution in [3.8, 4) is 6.07 Å². The highest BCUT2D eigenvalue weighted by molar-refractivity contribution is 8.26. The first-order valence-electron chi connectivity index (χ1n) is 14.5. The number of pyridine rings is 1. The fourth-order valence-corrected chi connectivity index (χ4v) is 7.06. The second-order valence-electron chi connectivity index (χ2n) is 10.9. The normalized spacial score (nSPS) is 17.2. The largest absolute Gasteiger partial charge is 0.357 e. The summed E-state index contributed by atoms with van der Waals surface area (Å²) in [5, 5.41) is 9.80. The third-order valence-corrected chi connectivity index (χ3v) is 9.51. The molecule has 1 aromatic carbocycles. The number of hydrogen-bond acceptors (Lipinski definition) is 6. The number of thiocarbonyl (C=S) groups is 1. The molecule has 0 N–H and O–H groups in total. The van der Waals surface area contributed by atoms with E-state index in [0.29, 0.717) is 27.3 Å². The Balaban J connectivity index is 1.56. The molecule has 1 aromatic heterocycles. The monoisotopic (exact) mass is 576 g/mol. The standard InChI is InChI=1S/C32H40N4O2S2/c1-4-5-6-7-8-12-17-36-31(38)28(40-32(36)39)21-26-23(2)27(22-33)30(37)34(3)29(26)35-18-15-25(16-19-35)20-24-13-10-9-11-14-24/h9-11,13-14,21,25H,4-8,12,15-20H2,1-3H3/b28-21-. The number of piperidine rings is 1. The topological polar surface area (TPSA) is 69.3 Å². The minimum Gasteiger partial charge on any atom is -0.357 e. The van der Waals surface area contributed by atoms with E-state index < -0.39 is 0 Å². The molecule has 2 saturated heterocycles. The first kappa shape index (κ1) is 30.1. The lowest BCUT2D eigenvalue weighted by Gasteiger charge is -2.36. The van der Waals surface area contributed by atoms with Gasteiger partial charge in [0.25, 0.3) is 11.5 Å². The van der Waals surface area contributed by atoms with Crippen LogP contribution in [0.15, 0.2) is 40.0 Å². The van der Waals surface area contributed by atoms with Crippen molar-refractivity contribution in [2.24, 2.45) is 13.0 Å². The number of hydrogen-bond donors (Lipinski definition) is 0. The van der Waals surface area contributed by atoms with Gasteiger partial charge in [-0.1, -0.05) is 93.3 Å². The Morgan fingerprint density at radius 3 is 2.42 bits per heavy atom. The number of nitrogens with zero attached hydrogens (tertiary/aromatic N) is 4. The molecule has 1 amide bonds. The van der Waals surface area contributed by atoms with Crippen LogP contribution in [0, 0.1) is 24.2 Å². The van der Waals surface area contributed by atoms with E-state index in [1.54, 1.807) is 16.5 Å². The highest BCUT2D eigenvalue weighted by Crippen LogP contribution is 2.37. The minimum absolute atomic E-state index is 0.0807.